The van der Waals surface area contributed by atoms with Gasteiger partial charge in [0.2, 0.25) is 0 Å². The van der Waals surface area contributed by atoms with E-state index in [1.807, 2.05) is 6.07 Å². The highest BCUT2D eigenvalue weighted by molar-refractivity contribution is 5.63. The molecule has 0 amide bonds. The van der Waals surface area contributed by atoms with Crippen LogP contribution in [0.1, 0.15) is 19.8 Å². The second-order valence-electron chi connectivity index (χ2n) is 5.46. The Morgan fingerprint density at radius 1 is 1.21 bits per heavy atom. The van der Waals surface area contributed by atoms with Gasteiger partial charge in [-0.15, -0.1) is 0 Å². The number of anilines is 2. The summed E-state index contributed by atoms with van der Waals surface area (Å²) in [4.78, 5) is 4.88. The van der Waals surface area contributed by atoms with Gasteiger partial charge in [-0.3, -0.25) is 0 Å². The lowest BCUT2D eigenvalue weighted by Gasteiger charge is -2.35. The summed E-state index contributed by atoms with van der Waals surface area (Å²) in [6.07, 6.45) is 2.74. The molecule has 104 valence electrons. The first kappa shape index (κ1) is 12.6. The van der Waals surface area contributed by atoms with Crippen molar-refractivity contribution < 1.29 is 4.74 Å². The smallest absolute Gasteiger partial charge is 0.142 e. The van der Waals surface area contributed by atoms with E-state index in [0.717, 1.165) is 44.2 Å². The Morgan fingerprint density at radius 2 is 1.95 bits per heavy atom. The van der Waals surface area contributed by atoms with Crippen molar-refractivity contribution in [2.75, 3.05) is 43.4 Å². The maximum absolute atomic E-state index is 6.10. The second kappa shape index (κ2) is 5.29. The number of nitrogens with two attached hydrogens (primary N) is 1. The molecule has 0 bridgehead atoms. The molecule has 1 saturated heterocycles. The summed E-state index contributed by atoms with van der Waals surface area (Å²) in [7, 11) is 0. The molecule has 1 aromatic rings. The highest BCUT2D eigenvalue weighted by Crippen LogP contribution is 2.33. The van der Waals surface area contributed by atoms with Gasteiger partial charge in [0.05, 0.1) is 11.8 Å². The molecular weight excluding hydrogens is 238 g/mol. The average molecular weight is 261 g/mol. The molecule has 2 aliphatic rings. The predicted molar refractivity (Wildman–Crippen MR) is 78.8 cm³/mol. The summed E-state index contributed by atoms with van der Waals surface area (Å²) in [6, 6.07) is 6.21. The van der Waals surface area contributed by atoms with Crippen molar-refractivity contribution in [3.63, 3.8) is 0 Å². The Hall–Kier alpha value is -1.42. The van der Waals surface area contributed by atoms with Crippen molar-refractivity contribution in [1.29, 1.82) is 0 Å². The minimum absolute atomic E-state index is 0.404. The molecule has 1 aromatic carbocycles. The van der Waals surface area contributed by atoms with Gasteiger partial charge in [0, 0.05) is 31.9 Å². The predicted octanol–water partition coefficient (Wildman–Crippen LogP) is 1.95. The van der Waals surface area contributed by atoms with Gasteiger partial charge in [0.25, 0.3) is 0 Å². The minimum atomic E-state index is 0.404. The number of nitrogens with zero attached hydrogens (tertiary/aromatic N) is 2. The van der Waals surface area contributed by atoms with Crippen molar-refractivity contribution in [3.05, 3.63) is 18.2 Å². The first-order chi connectivity index (χ1) is 9.26. The van der Waals surface area contributed by atoms with Crippen LogP contribution in [-0.4, -0.2) is 43.7 Å². The fourth-order valence-electron chi connectivity index (χ4n) is 2.53. The number of rotatable bonds is 4. The number of benzene rings is 1. The van der Waals surface area contributed by atoms with Crippen molar-refractivity contribution in [3.8, 4) is 5.75 Å². The SMILES string of the molecule is CCN1CCN(c2ccc(OC3CC3)c(N)c2)CC1. The van der Waals surface area contributed by atoms with Crippen LogP contribution in [0.15, 0.2) is 18.2 Å². The van der Waals surface area contributed by atoms with E-state index in [9.17, 15) is 0 Å². The largest absolute Gasteiger partial charge is 0.488 e. The molecular formula is C15H23N3O. The third kappa shape index (κ3) is 2.95. The number of piperazine rings is 1. The van der Waals surface area contributed by atoms with E-state index in [4.69, 9.17) is 10.5 Å². The Kier molecular flexibility index (Phi) is 3.51. The third-order valence-corrected chi connectivity index (χ3v) is 4.00. The van der Waals surface area contributed by atoms with Gasteiger partial charge < -0.3 is 20.3 Å². The quantitative estimate of drug-likeness (QED) is 0.841. The molecule has 0 atom stereocenters. The molecule has 1 aliphatic carbocycles. The molecule has 2 fully saturated rings. The van der Waals surface area contributed by atoms with E-state index < -0.39 is 0 Å². The molecule has 0 radical (unpaired) electrons. The van der Waals surface area contributed by atoms with Crippen LogP contribution in [0.3, 0.4) is 0 Å². The van der Waals surface area contributed by atoms with E-state index >= 15 is 0 Å². The highest BCUT2D eigenvalue weighted by Gasteiger charge is 2.24. The Morgan fingerprint density at radius 3 is 2.53 bits per heavy atom. The van der Waals surface area contributed by atoms with Crippen molar-refractivity contribution >= 4 is 11.4 Å². The molecule has 3 rings (SSSR count). The van der Waals surface area contributed by atoms with Gasteiger partial charge >= 0.3 is 0 Å². The summed E-state index contributed by atoms with van der Waals surface area (Å²) in [5, 5.41) is 0. The average Bonchev–Trinajstić information content (AvgIpc) is 3.25. The van der Waals surface area contributed by atoms with Gasteiger partial charge in [-0.25, -0.2) is 0 Å². The molecule has 1 aliphatic heterocycles. The standard InChI is InChI=1S/C15H23N3O/c1-2-17-7-9-18(10-8-17)12-3-6-15(14(16)11-12)19-13-4-5-13/h3,6,11,13H,2,4-5,7-10,16H2,1H3. The van der Waals surface area contributed by atoms with Crippen LogP contribution in [0.2, 0.25) is 0 Å². The normalized spacial score (nSPS) is 20.6. The second-order valence-corrected chi connectivity index (χ2v) is 5.46. The molecule has 4 heteroatoms. The van der Waals surface area contributed by atoms with Crippen LogP contribution < -0.4 is 15.4 Å². The van der Waals surface area contributed by atoms with Crippen LogP contribution in [0.5, 0.6) is 5.75 Å². The van der Waals surface area contributed by atoms with E-state index in [1.54, 1.807) is 0 Å². The molecule has 2 N–H and O–H groups in total. The zero-order valence-electron chi connectivity index (χ0n) is 11.6. The van der Waals surface area contributed by atoms with Crippen LogP contribution in [0.25, 0.3) is 0 Å². The lowest BCUT2D eigenvalue weighted by Crippen LogP contribution is -2.46. The Labute approximate surface area is 115 Å². The van der Waals surface area contributed by atoms with Gasteiger partial charge in [-0.1, -0.05) is 6.92 Å². The summed E-state index contributed by atoms with van der Waals surface area (Å²) in [5.74, 6) is 0.846. The molecule has 19 heavy (non-hydrogen) atoms. The molecule has 4 nitrogen and oxygen atoms in total. The van der Waals surface area contributed by atoms with Gasteiger partial charge in [-0.2, -0.15) is 0 Å². The van der Waals surface area contributed by atoms with Crippen LogP contribution in [0.4, 0.5) is 11.4 Å². The molecule has 1 heterocycles. The molecule has 1 saturated carbocycles. The van der Waals surface area contributed by atoms with Crippen LogP contribution in [-0.2, 0) is 0 Å². The number of nitrogen functional groups attached to an aromatic ring is 1. The number of ether oxygens (including phenoxy) is 1. The van der Waals surface area contributed by atoms with Crippen LogP contribution in [0, 0.1) is 0 Å². The summed E-state index contributed by atoms with van der Waals surface area (Å²) >= 11 is 0. The fraction of sp³-hybridized carbons (Fsp3) is 0.600. The zero-order valence-corrected chi connectivity index (χ0v) is 11.6. The van der Waals surface area contributed by atoms with Crippen molar-refractivity contribution in [1.82, 2.24) is 4.90 Å². The zero-order chi connectivity index (χ0) is 13.2. The van der Waals surface area contributed by atoms with E-state index in [1.165, 1.54) is 18.5 Å². The lowest BCUT2D eigenvalue weighted by atomic mass is 10.2. The van der Waals surface area contributed by atoms with E-state index in [0.29, 0.717) is 6.10 Å². The van der Waals surface area contributed by atoms with E-state index in [-0.39, 0.29) is 0 Å². The number of likely N-dealkylation sites (N-methyl/N-ethyl adjacent to an activating group) is 1. The number of hydrogen-bond donors (Lipinski definition) is 1. The van der Waals surface area contributed by atoms with Gasteiger partial charge in [0.1, 0.15) is 5.75 Å². The summed E-state index contributed by atoms with van der Waals surface area (Å²) in [5.41, 5.74) is 8.08. The maximum atomic E-state index is 6.10. The van der Waals surface area contributed by atoms with E-state index in [2.05, 4.69) is 28.9 Å². The van der Waals surface area contributed by atoms with Crippen molar-refractivity contribution in [2.24, 2.45) is 0 Å². The maximum Gasteiger partial charge on any atom is 0.142 e. The fourth-order valence-corrected chi connectivity index (χ4v) is 2.53. The Balaban J connectivity index is 1.66. The third-order valence-electron chi connectivity index (χ3n) is 4.00. The van der Waals surface area contributed by atoms with Gasteiger partial charge in [0.15, 0.2) is 0 Å². The summed E-state index contributed by atoms with van der Waals surface area (Å²) in [6.45, 7) is 7.79. The monoisotopic (exact) mass is 261 g/mol. The highest BCUT2D eigenvalue weighted by atomic mass is 16.5. The number of hydrogen-bond acceptors (Lipinski definition) is 4. The van der Waals surface area contributed by atoms with Gasteiger partial charge in [-0.05, 0) is 37.6 Å². The summed E-state index contributed by atoms with van der Waals surface area (Å²) < 4.78 is 5.78. The lowest BCUT2D eigenvalue weighted by molar-refractivity contribution is 0.271. The Bertz CT molecular complexity index is 437. The molecule has 0 aromatic heterocycles. The first-order valence-corrected chi connectivity index (χ1v) is 7.29. The molecule has 0 unspecified atom stereocenters. The van der Waals surface area contributed by atoms with Crippen molar-refractivity contribution in [2.45, 2.75) is 25.9 Å². The van der Waals surface area contributed by atoms with Crippen LogP contribution >= 0.6 is 0 Å². The molecule has 0 spiro atoms. The topological polar surface area (TPSA) is 41.7 Å². The first-order valence-electron chi connectivity index (χ1n) is 7.29. The minimum Gasteiger partial charge on any atom is -0.488 e.